The minimum atomic E-state index is 0.603. The van der Waals surface area contributed by atoms with Gasteiger partial charge in [-0.3, -0.25) is 0 Å². The molecule has 0 aliphatic rings. The van der Waals surface area contributed by atoms with Gasteiger partial charge in [-0.1, -0.05) is 42.0 Å². The van der Waals surface area contributed by atoms with Crippen molar-refractivity contribution in [1.82, 2.24) is 0 Å². The Labute approximate surface area is 78.9 Å². The molecule has 1 rings (SSSR count). The molecule has 0 fully saturated rings. The maximum atomic E-state index is 5.51. The summed E-state index contributed by atoms with van der Waals surface area (Å²) in [7, 11) is 0. The number of alkyl halides is 1. The van der Waals surface area contributed by atoms with Crippen LogP contribution in [0.15, 0.2) is 36.4 Å². The van der Waals surface area contributed by atoms with Crippen molar-refractivity contribution in [3.63, 3.8) is 0 Å². The molecule has 1 aromatic rings. The second-order valence-electron chi connectivity index (χ2n) is 2.82. The van der Waals surface area contributed by atoms with E-state index in [1.165, 1.54) is 11.1 Å². The number of benzene rings is 1. The van der Waals surface area contributed by atoms with Crippen LogP contribution in [-0.2, 0) is 6.42 Å². The topological polar surface area (TPSA) is 0 Å². The van der Waals surface area contributed by atoms with E-state index in [1.807, 2.05) is 6.08 Å². The lowest BCUT2D eigenvalue weighted by atomic mass is 10.1. The van der Waals surface area contributed by atoms with Crippen molar-refractivity contribution in [1.29, 1.82) is 0 Å². The van der Waals surface area contributed by atoms with Gasteiger partial charge >= 0.3 is 0 Å². The smallest absolute Gasteiger partial charge is 0.0404 e. The van der Waals surface area contributed by atoms with Gasteiger partial charge in [-0.15, -0.1) is 11.6 Å². The van der Waals surface area contributed by atoms with Crippen LogP contribution in [0.3, 0.4) is 0 Å². The third-order valence-electron chi connectivity index (χ3n) is 1.69. The van der Waals surface area contributed by atoms with Crippen LogP contribution in [0.4, 0.5) is 0 Å². The van der Waals surface area contributed by atoms with Gasteiger partial charge in [0.1, 0.15) is 0 Å². The number of allylic oxidation sites excluding steroid dienone is 2. The summed E-state index contributed by atoms with van der Waals surface area (Å²) in [5, 5.41) is 0. The Morgan fingerprint density at radius 2 is 2.17 bits per heavy atom. The maximum Gasteiger partial charge on any atom is 0.0404 e. The largest absolute Gasteiger partial charge is 0.122 e. The Morgan fingerprint density at radius 3 is 2.83 bits per heavy atom. The summed E-state index contributed by atoms with van der Waals surface area (Å²) in [5.74, 6) is 0.603. The number of aryl methyl sites for hydroxylation is 1. The van der Waals surface area contributed by atoms with E-state index in [0.29, 0.717) is 5.88 Å². The molecule has 1 aromatic carbocycles. The standard InChI is InChI=1S/C11H13Cl/c1-10-5-4-7-11(9-10)6-2-3-8-12/h2-5,7,9H,6,8H2,1H3. The number of hydrogen-bond donors (Lipinski definition) is 0. The van der Waals surface area contributed by atoms with Crippen molar-refractivity contribution in [2.24, 2.45) is 0 Å². The van der Waals surface area contributed by atoms with Gasteiger partial charge in [-0.2, -0.15) is 0 Å². The van der Waals surface area contributed by atoms with Crippen LogP contribution in [0, 0.1) is 6.92 Å². The average Bonchev–Trinajstić information content (AvgIpc) is 2.05. The van der Waals surface area contributed by atoms with Crippen LogP contribution in [0.25, 0.3) is 0 Å². The van der Waals surface area contributed by atoms with Gasteiger partial charge in [0.2, 0.25) is 0 Å². The summed E-state index contributed by atoms with van der Waals surface area (Å²) in [6.07, 6.45) is 5.06. The molecule has 0 aromatic heterocycles. The molecule has 0 nitrogen and oxygen atoms in total. The lowest BCUT2D eigenvalue weighted by molar-refractivity contribution is 1.24. The van der Waals surface area contributed by atoms with E-state index >= 15 is 0 Å². The first-order valence-electron chi connectivity index (χ1n) is 4.09. The van der Waals surface area contributed by atoms with Gasteiger partial charge in [0.15, 0.2) is 0 Å². The second kappa shape index (κ2) is 5.00. The molecule has 0 bridgehead atoms. The summed E-state index contributed by atoms with van der Waals surface area (Å²) in [6.45, 7) is 2.11. The van der Waals surface area contributed by atoms with Crippen LogP contribution in [0.1, 0.15) is 11.1 Å². The van der Waals surface area contributed by atoms with E-state index in [-0.39, 0.29) is 0 Å². The monoisotopic (exact) mass is 180 g/mol. The Balaban J connectivity index is 2.57. The summed E-state index contributed by atoms with van der Waals surface area (Å²) in [4.78, 5) is 0. The summed E-state index contributed by atoms with van der Waals surface area (Å²) < 4.78 is 0. The molecule has 0 amide bonds. The number of rotatable bonds is 3. The van der Waals surface area contributed by atoms with Crippen molar-refractivity contribution in [3.8, 4) is 0 Å². The Hall–Kier alpha value is -0.750. The molecule has 0 aliphatic carbocycles. The minimum absolute atomic E-state index is 0.603. The summed E-state index contributed by atoms with van der Waals surface area (Å²) in [5.41, 5.74) is 2.66. The highest BCUT2D eigenvalue weighted by Crippen LogP contribution is 2.04. The van der Waals surface area contributed by atoms with Gasteiger partial charge in [-0.05, 0) is 18.9 Å². The minimum Gasteiger partial charge on any atom is -0.122 e. The fourth-order valence-electron chi connectivity index (χ4n) is 1.12. The molecule has 1 heteroatoms. The van der Waals surface area contributed by atoms with E-state index in [9.17, 15) is 0 Å². The number of halogens is 1. The van der Waals surface area contributed by atoms with Crippen LogP contribution in [-0.4, -0.2) is 5.88 Å². The SMILES string of the molecule is Cc1cccc(CC=CCCl)c1. The molecule has 0 saturated heterocycles. The third-order valence-corrected chi connectivity index (χ3v) is 1.87. The van der Waals surface area contributed by atoms with E-state index in [1.54, 1.807) is 0 Å². The number of hydrogen-bond acceptors (Lipinski definition) is 0. The molecule has 0 N–H and O–H groups in total. The van der Waals surface area contributed by atoms with Crippen molar-refractivity contribution in [2.75, 3.05) is 5.88 Å². The zero-order valence-corrected chi connectivity index (χ0v) is 8.01. The molecular weight excluding hydrogens is 168 g/mol. The normalized spacial score (nSPS) is 10.8. The first-order chi connectivity index (χ1) is 5.83. The highest BCUT2D eigenvalue weighted by atomic mass is 35.5. The Kier molecular flexibility index (Phi) is 3.89. The second-order valence-corrected chi connectivity index (χ2v) is 3.13. The van der Waals surface area contributed by atoms with Gasteiger partial charge in [-0.25, -0.2) is 0 Å². The zero-order chi connectivity index (χ0) is 8.81. The zero-order valence-electron chi connectivity index (χ0n) is 7.26. The van der Waals surface area contributed by atoms with Gasteiger partial charge in [0.25, 0.3) is 0 Å². The van der Waals surface area contributed by atoms with E-state index in [2.05, 4.69) is 37.3 Å². The highest BCUT2D eigenvalue weighted by molar-refractivity contribution is 6.18. The van der Waals surface area contributed by atoms with Crippen LogP contribution in [0.5, 0.6) is 0 Å². The maximum absolute atomic E-state index is 5.51. The lowest BCUT2D eigenvalue weighted by Crippen LogP contribution is -1.81. The van der Waals surface area contributed by atoms with Gasteiger partial charge in [0, 0.05) is 5.88 Å². The Morgan fingerprint density at radius 1 is 1.33 bits per heavy atom. The Bertz CT molecular complexity index is 263. The molecule has 12 heavy (non-hydrogen) atoms. The predicted molar refractivity (Wildman–Crippen MR) is 54.7 cm³/mol. The molecule has 0 atom stereocenters. The van der Waals surface area contributed by atoms with Gasteiger partial charge < -0.3 is 0 Å². The molecule has 0 unspecified atom stereocenters. The van der Waals surface area contributed by atoms with Crippen molar-refractivity contribution in [2.45, 2.75) is 13.3 Å². The van der Waals surface area contributed by atoms with E-state index < -0.39 is 0 Å². The van der Waals surface area contributed by atoms with Crippen LogP contribution >= 0.6 is 11.6 Å². The lowest BCUT2D eigenvalue weighted by Gasteiger charge is -1.97. The van der Waals surface area contributed by atoms with Crippen molar-refractivity contribution in [3.05, 3.63) is 47.5 Å². The highest BCUT2D eigenvalue weighted by Gasteiger charge is 1.88. The van der Waals surface area contributed by atoms with Crippen LogP contribution in [0.2, 0.25) is 0 Å². The summed E-state index contributed by atoms with van der Waals surface area (Å²) >= 11 is 5.51. The molecule has 0 aliphatic heterocycles. The first kappa shape index (κ1) is 9.34. The van der Waals surface area contributed by atoms with Crippen molar-refractivity contribution < 1.29 is 0 Å². The summed E-state index contributed by atoms with van der Waals surface area (Å²) in [6, 6.07) is 8.51. The van der Waals surface area contributed by atoms with E-state index in [4.69, 9.17) is 11.6 Å². The molecule has 64 valence electrons. The third kappa shape index (κ3) is 3.10. The fourth-order valence-corrected chi connectivity index (χ4v) is 1.25. The van der Waals surface area contributed by atoms with Crippen molar-refractivity contribution >= 4 is 11.6 Å². The first-order valence-corrected chi connectivity index (χ1v) is 4.63. The quantitative estimate of drug-likeness (QED) is 0.495. The molecule has 0 spiro atoms. The molecule has 0 heterocycles. The predicted octanol–water partition coefficient (Wildman–Crippen LogP) is 3.33. The average molecular weight is 181 g/mol. The molecule has 0 saturated carbocycles. The molecular formula is C11H13Cl. The van der Waals surface area contributed by atoms with Crippen LogP contribution < -0.4 is 0 Å². The molecule has 0 radical (unpaired) electrons. The van der Waals surface area contributed by atoms with Gasteiger partial charge in [0.05, 0.1) is 0 Å². The fraction of sp³-hybridized carbons (Fsp3) is 0.273. The van der Waals surface area contributed by atoms with E-state index in [0.717, 1.165) is 6.42 Å².